The Morgan fingerprint density at radius 1 is 1.50 bits per heavy atom. The number of nitrogens with two attached hydrogens (primary N) is 1. The number of guanidine groups is 1. The minimum atomic E-state index is 0. The summed E-state index contributed by atoms with van der Waals surface area (Å²) in [5, 5.41) is 7.26. The van der Waals surface area contributed by atoms with Gasteiger partial charge in [0.05, 0.1) is 0 Å². The van der Waals surface area contributed by atoms with Gasteiger partial charge in [0, 0.05) is 13.1 Å². The highest BCUT2D eigenvalue weighted by Gasteiger charge is 2.13. The summed E-state index contributed by atoms with van der Waals surface area (Å²) in [5.74, 6) is 1.33. The number of hydrogen-bond acceptors (Lipinski definition) is 3. The van der Waals surface area contributed by atoms with Gasteiger partial charge < -0.3 is 11.1 Å². The van der Waals surface area contributed by atoms with Crippen molar-refractivity contribution in [2.45, 2.75) is 44.7 Å². The summed E-state index contributed by atoms with van der Waals surface area (Å²) in [4.78, 5) is 8.38. The van der Waals surface area contributed by atoms with Gasteiger partial charge in [-0.3, -0.25) is 4.68 Å². The lowest BCUT2D eigenvalue weighted by Crippen LogP contribution is -2.41. The van der Waals surface area contributed by atoms with Crippen molar-refractivity contribution < 1.29 is 0 Å². The van der Waals surface area contributed by atoms with E-state index in [-0.39, 0.29) is 24.0 Å². The van der Waals surface area contributed by atoms with E-state index in [1.807, 2.05) is 7.05 Å². The van der Waals surface area contributed by atoms with Crippen molar-refractivity contribution in [1.82, 2.24) is 20.1 Å². The van der Waals surface area contributed by atoms with E-state index in [4.69, 9.17) is 5.73 Å². The minimum Gasteiger partial charge on any atom is -0.370 e. The number of aliphatic imine (C=N–C) groups is 1. The molecule has 0 saturated heterocycles. The van der Waals surface area contributed by atoms with E-state index >= 15 is 0 Å². The van der Waals surface area contributed by atoms with Crippen molar-refractivity contribution >= 4 is 29.9 Å². The monoisotopic (exact) mass is 364 g/mol. The van der Waals surface area contributed by atoms with Gasteiger partial charge in [-0.15, -0.1) is 24.0 Å². The molecule has 2 rings (SSSR count). The van der Waals surface area contributed by atoms with Crippen LogP contribution >= 0.6 is 24.0 Å². The molecule has 0 bridgehead atoms. The Kier molecular flexibility index (Phi) is 6.37. The largest absolute Gasteiger partial charge is 0.370 e. The summed E-state index contributed by atoms with van der Waals surface area (Å²) in [5.41, 5.74) is 5.85. The predicted octanol–water partition coefficient (Wildman–Crippen LogP) is 1.17. The maximum Gasteiger partial charge on any atom is 0.189 e. The van der Waals surface area contributed by atoms with Crippen LogP contribution in [0.4, 0.5) is 0 Å². The number of aryl methyl sites for hydroxylation is 1. The fourth-order valence-electron chi connectivity index (χ4n) is 2.12. The van der Waals surface area contributed by atoms with Crippen LogP contribution in [0.2, 0.25) is 0 Å². The Balaban J connectivity index is 0.00000162. The van der Waals surface area contributed by atoms with E-state index in [9.17, 15) is 0 Å². The van der Waals surface area contributed by atoms with E-state index in [2.05, 4.69) is 20.4 Å². The van der Waals surface area contributed by atoms with Gasteiger partial charge in [0.1, 0.15) is 18.7 Å². The Morgan fingerprint density at radius 2 is 2.22 bits per heavy atom. The van der Waals surface area contributed by atoms with Crippen molar-refractivity contribution in [3.63, 3.8) is 0 Å². The van der Waals surface area contributed by atoms with Gasteiger partial charge in [0.2, 0.25) is 0 Å². The fraction of sp³-hybridized carbons (Fsp3) is 0.727. The lowest BCUT2D eigenvalue weighted by molar-refractivity contribution is 0.412. The highest BCUT2D eigenvalue weighted by molar-refractivity contribution is 14.0. The zero-order valence-electron chi connectivity index (χ0n) is 10.7. The molecular weight excluding hydrogens is 343 g/mol. The molecular formula is C11H21IN6. The summed E-state index contributed by atoms with van der Waals surface area (Å²) >= 11 is 0. The van der Waals surface area contributed by atoms with E-state index in [1.165, 1.54) is 38.4 Å². The topological polar surface area (TPSA) is 81.1 Å². The fourth-order valence-corrected chi connectivity index (χ4v) is 2.12. The molecule has 1 saturated carbocycles. The number of nitrogens with zero attached hydrogens (tertiary/aromatic N) is 4. The Hall–Kier alpha value is -0.860. The van der Waals surface area contributed by atoms with E-state index in [0.717, 1.165) is 5.82 Å². The lowest BCUT2D eigenvalue weighted by Gasteiger charge is -2.23. The smallest absolute Gasteiger partial charge is 0.189 e. The molecule has 1 heterocycles. The molecule has 102 valence electrons. The van der Waals surface area contributed by atoms with Gasteiger partial charge >= 0.3 is 0 Å². The first-order chi connectivity index (χ1) is 8.25. The third kappa shape index (κ3) is 4.43. The van der Waals surface area contributed by atoms with Crippen molar-refractivity contribution in [3.8, 4) is 0 Å². The molecule has 0 amide bonds. The van der Waals surface area contributed by atoms with Gasteiger partial charge in [-0.2, -0.15) is 5.10 Å². The second kappa shape index (κ2) is 7.55. The molecule has 1 aromatic rings. The predicted molar refractivity (Wildman–Crippen MR) is 81.8 cm³/mol. The molecule has 1 aromatic heterocycles. The normalized spacial score (nSPS) is 17.3. The number of rotatable bonds is 3. The van der Waals surface area contributed by atoms with Crippen LogP contribution in [0, 0.1) is 0 Å². The van der Waals surface area contributed by atoms with Crippen LogP contribution in [0.25, 0.3) is 0 Å². The third-order valence-corrected chi connectivity index (χ3v) is 3.15. The van der Waals surface area contributed by atoms with Gasteiger partial charge in [0.15, 0.2) is 5.96 Å². The molecule has 18 heavy (non-hydrogen) atoms. The van der Waals surface area contributed by atoms with Gasteiger partial charge in [-0.1, -0.05) is 19.3 Å². The summed E-state index contributed by atoms with van der Waals surface area (Å²) < 4.78 is 1.71. The molecule has 3 N–H and O–H groups in total. The maximum atomic E-state index is 5.85. The molecule has 1 aliphatic rings. The average Bonchev–Trinajstić information content (AvgIpc) is 2.74. The summed E-state index contributed by atoms with van der Waals surface area (Å²) in [6.07, 6.45) is 7.83. The first-order valence-corrected chi connectivity index (χ1v) is 6.15. The number of nitrogens with one attached hydrogen (secondary N) is 1. The molecule has 1 aliphatic carbocycles. The number of hydrogen-bond donors (Lipinski definition) is 2. The van der Waals surface area contributed by atoms with Crippen LogP contribution in [0.3, 0.4) is 0 Å². The second-order valence-electron chi connectivity index (χ2n) is 4.48. The average molecular weight is 364 g/mol. The molecule has 0 unspecified atom stereocenters. The zero-order chi connectivity index (χ0) is 12.1. The standard InChI is InChI=1S/C11H20N6.HI/c1-17-10(14-8-15-17)7-13-11(12)16-9-5-3-2-4-6-9;/h8-9H,2-7H2,1H3,(H3,12,13,16);1H. The maximum absolute atomic E-state index is 5.85. The quantitative estimate of drug-likeness (QED) is 0.479. The SMILES string of the molecule is Cn1ncnc1CN=C(N)NC1CCCCC1.I. The molecule has 0 aliphatic heterocycles. The zero-order valence-corrected chi connectivity index (χ0v) is 13.0. The van der Waals surface area contributed by atoms with Crippen LogP contribution < -0.4 is 11.1 Å². The first kappa shape index (κ1) is 15.2. The van der Waals surface area contributed by atoms with Crippen LogP contribution in [0.5, 0.6) is 0 Å². The van der Waals surface area contributed by atoms with Crippen molar-refractivity contribution in [1.29, 1.82) is 0 Å². The van der Waals surface area contributed by atoms with Crippen LogP contribution in [0.1, 0.15) is 37.9 Å². The molecule has 0 aromatic carbocycles. The molecule has 0 spiro atoms. The van der Waals surface area contributed by atoms with Crippen molar-refractivity contribution in [2.75, 3.05) is 0 Å². The minimum absolute atomic E-state index is 0. The summed E-state index contributed by atoms with van der Waals surface area (Å²) in [6.45, 7) is 0.474. The van der Waals surface area contributed by atoms with Crippen LogP contribution in [-0.2, 0) is 13.6 Å². The highest BCUT2D eigenvalue weighted by atomic mass is 127. The van der Waals surface area contributed by atoms with E-state index < -0.39 is 0 Å². The van der Waals surface area contributed by atoms with E-state index in [1.54, 1.807) is 4.68 Å². The molecule has 7 heteroatoms. The molecule has 6 nitrogen and oxygen atoms in total. The number of aromatic nitrogens is 3. The second-order valence-corrected chi connectivity index (χ2v) is 4.48. The molecule has 1 fully saturated rings. The first-order valence-electron chi connectivity index (χ1n) is 6.15. The summed E-state index contributed by atoms with van der Waals surface area (Å²) in [7, 11) is 1.85. The lowest BCUT2D eigenvalue weighted by atomic mass is 9.96. The van der Waals surface area contributed by atoms with Gasteiger partial charge in [0.25, 0.3) is 0 Å². The molecule has 0 radical (unpaired) electrons. The van der Waals surface area contributed by atoms with Crippen LogP contribution in [-0.4, -0.2) is 26.8 Å². The van der Waals surface area contributed by atoms with Gasteiger partial charge in [-0.25, -0.2) is 9.98 Å². The highest BCUT2D eigenvalue weighted by Crippen LogP contribution is 2.16. The Morgan fingerprint density at radius 3 is 2.83 bits per heavy atom. The molecule has 0 atom stereocenters. The van der Waals surface area contributed by atoms with Crippen molar-refractivity contribution in [3.05, 3.63) is 12.2 Å². The summed E-state index contributed by atoms with van der Waals surface area (Å²) in [6, 6.07) is 0.493. The number of halogens is 1. The van der Waals surface area contributed by atoms with E-state index in [0.29, 0.717) is 18.5 Å². The van der Waals surface area contributed by atoms with Gasteiger partial charge in [-0.05, 0) is 12.8 Å². The Labute approximate surface area is 124 Å². The Bertz CT molecular complexity index is 383. The van der Waals surface area contributed by atoms with Crippen molar-refractivity contribution in [2.24, 2.45) is 17.8 Å². The van der Waals surface area contributed by atoms with Crippen LogP contribution in [0.15, 0.2) is 11.3 Å². The third-order valence-electron chi connectivity index (χ3n) is 3.15.